The highest BCUT2D eigenvalue weighted by atomic mass is 127. The second kappa shape index (κ2) is 6.46. The van der Waals surface area contributed by atoms with Gasteiger partial charge in [0.25, 0.3) is 0 Å². The maximum Gasteiger partial charge on any atom is 0.410 e. The highest BCUT2D eigenvalue weighted by Gasteiger charge is 2.37. The summed E-state index contributed by atoms with van der Waals surface area (Å²) in [4.78, 5) is 16.3. The van der Waals surface area contributed by atoms with Crippen LogP contribution in [-0.2, 0) is 4.74 Å². The van der Waals surface area contributed by atoms with Crippen molar-refractivity contribution in [1.82, 2.24) is 4.90 Å². The van der Waals surface area contributed by atoms with Crippen molar-refractivity contribution >= 4 is 34.4 Å². The first-order chi connectivity index (χ1) is 11.3. The molecule has 5 nitrogen and oxygen atoms in total. The predicted octanol–water partition coefficient (Wildman–Crippen LogP) is 3.87. The standard InChI is InChI=1S/C18H23IN2O3/c1-18(2,3)24-17(22)21-10-12-8-20(9-13(12)11-21)14-5-6-15(19)16(7-14)23-4/h5-8,13H,9-11H2,1-4H3. The second-order valence-electron chi connectivity index (χ2n) is 7.23. The van der Waals surface area contributed by atoms with Gasteiger partial charge in [-0.1, -0.05) is 0 Å². The summed E-state index contributed by atoms with van der Waals surface area (Å²) >= 11 is 2.27. The van der Waals surface area contributed by atoms with Crippen LogP contribution in [0.1, 0.15) is 20.8 Å². The van der Waals surface area contributed by atoms with Gasteiger partial charge in [-0.3, -0.25) is 0 Å². The summed E-state index contributed by atoms with van der Waals surface area (Å²) in [5.41, 5.74) is 1.96. The molecule has 1 amide bonds. The quantitative estimate of drug-likeness (QED) is 0.653. The topological polar surface area (TPSA) is 42.0 Å². The molecule has 0 N–H and O–H groups in total. The molecule has 0 bridgehead atoms. The van der Waals surface area contributed by atoms with Gasteiger partial charge in [-0.15, -0.1) is 0 Å². The van der Waals surface area contributed by atoms with E-state index in [9.17, 15) is 4.79 Å². The number of anilines is 1. The van der Waals surface area contributed by atoms with E-state index in [2.05, 4.69) is 51.9 Å². The minimum atomic E-state index is -0.451. The van der Waals surface area contributed by atoms with Crippen LogP contribution in [0.2, 0.25) is 0 Å². The molecule has 1 atom stereocenters. The van der Waals surface area contributed by atoms with E-state index in [0.717, 1.165) is 28.1 Å². The van der Waals surface area contributed by atoms with Crippen LogP contribution in [0, 0.1) is 9.49 Å². The van der Waals surface area contributed by atoms with E-state index in [4.69, 9.17) is 9.47 Å². The largest absolute Gasteiger partial charge is 0.496 e. The molecule has 1 unspecified atom stereocenters. The van der Waals surface area contributed by atoms with Crippen molar-refractivity contribution < 1.29 is 14.3 Å². The van der Waals surface area contributed by atoms with Gasteiger partial charge in [0, 0.05) is 43.5 Å². The molecule has 3 rings (SSSR count). The van der Waals surface area contributed by atoms with Gasteiger partial charge in [-0.2, -0.15) is 0 Å². The molecule has 1 aromatic rings. The highest BCUT2D eigenvalue weighted by Crippen LogP contribution is 2.35. The second-order valence-corrected chi connectivity index (χ2v) is 8.40. The van der Waals surface area contributed by atoms with E-state index in [0.29, 0.717) is 12.5 Å². The van der Waals surface area contributed by atoms with Crippen LogP contribution >= 0.6 is 22.6 Å². The first kappa shape index (κ1) is 17.4. The van der Waals surface area contributed by atoms with E-state index in [1.807, 2.05) is 20.8 Å². The van der Waals surface area contributed by atoms with E-state index in [1.165, 1.54) is 5.57 Å². The van der Waals surface area contributed by atoms with Gasteiger partial charge in [0.05, 0.1) is 10.7 Å². The van der Waals surface area contributed by atoms with E-state index in [1.54, 1.807) is 12.0 Å². The van der Waals surface area contributed by atoms with Gasteiger partial charge in [0.15, 0.2) is 0 Å². The molecule has 2 heterocycles. The Kier molecular flexibility index (Phi) is 4.68. The van der Waals surface area contributed by atoms with Crippen LogP contribution in [0.3, 0.4) is 0 Å². The summed E-state index contributed by atoms with van der Waals surface area (Å²) in [7, 11) is 1.69. The molecule has 1 aromatic carbocycles. The lowest BCUT2D eigenvalue weighted by Gasteiger charge is -2.25. The number of hydrogen-bond acceptors (Lipinski definition) is 4. The average molecular weight is 442 g/mol. The summed E-state index contributed by atoms with van der Waals surface area (Å²) in [6.45, 7) is 7.95. The molecule has 0 saturated carbocycles. The van der Waals surface area contributed by atoms with Crippen molar-refractivity contribution in [3.8, 4) is 5.75 Å². The molecule has 2 aliphatic heterocycles. The number of nitrogens with zero attached hydrogens (tertiary/aromatic N) is 2. The van der Waals surface area contributed by atoms with Gasteiger partial charge in [-0.05, 0) is 61.1 Å². The average Bonchev–Trinajstić information content (AvgIpc) is 3.04. The van der Waals surface area contributed by atoms with Crippen LogP contribution in [-0.4, -0.2) is 43.3 Å². The summed E-state index contributed by atoms with van der Waals surface area (Å²) in [5.74, 6) is 1.27. The number of carbonyl (C=O) groups is 1. The van der Waals surface area contributed by atoms with E-state index < -0.39 is 5.60 Å². The molecule has 2 aliphatic rings. The van der Waals surface area contributed by atoms with Gasteiger partial charge in [-0.25, -0.2) is 4.79 Å². The Hall–Kier alpha value is -1.44. The molecule has 0 aromatic heterocycles. The first-order valence-corrected chi connectivity index (χ1v) is 9.13. The van der Waals surface area contributed by atoms with Crippen molar-refractivity contribution in [3.05, 3.63) is 33.5 Å². The molecule has 1 saturated heterocycles. The molecule has 1 fully saturated rings. The fourth-order valence-corrected chi connectivity index (χ4v) is 3.64. The van der Waals surface area contributed by atoms with Crippen molar-refractivity contribution in [3.63, 3.8) is 0 Å². The molecule has 24 heavy (non-hydrogen) atoms. The highest BCUT2D eigenvalue weighted by molar-refractivity contribution is 14.1. The van der Waals surface area contributed by atoms with Gasteiger partial charge >= 0.3 is 6.09 Å². The normalized spacial score (nSPS) is 20.0. The first-order valence-electron chi connectivity index (χ1n) is 8.05. The number of fused-ring (bicyclic) bond motifs is 1. The summed E-state index contributed by atoms with van der Waals surface area (Å²) in [5, 5.41) is 0. The SMILES string of the molecule is COc1cc(N2C=C3CN(C(=O)OC(C)(C)C)CC3C2)ccc1I. The maximum atomic E-state index is 12.2. The van der Waals surface area contributed by atoms with Crippen LogP contribution in [0.5, 0.6) is 5.75 Å². The monoisotopic (exact) mass is 442 g/mol. The number of methoxy groups -OCH3 is 1. The van der Waals surface area contributed by atoms with Gasteiger partial charge in [0.1, 0.15) is 11.4 Å². The van der Waals surface area contributed by atoms with E-state index in [-0.39, 0.29) is 6.09 Å². The lowest BCUT2D eigenvalue weighted by atomic mass is 10.1. The molecule has 130 valence electrons. The number of carbonyl (C=O) groups excluding carboxylic acids is 1. The summed E-state index contributed by atoms with van der Waals surface area (Å²) in [6, 6.07) is 6.23. The van der Waals surface area contributed by atoms with Crippen LogP contribution in [0.25, 0.3) is 0 Å². The lowest BCUT2D eigenvalue weighted by molar-refractivity contribution is 0.0291. The number of benzene rings is 1. The molecular weight excluding hydrogens is 419 g/mol. The minimum Gasteiger partial charge on any atom is -0.496 e. The summed E-state index contributed by atoms with van der Waals surface area (Å²) < 4.78 is 12.0. The van der Waals surface area contributed by atoms with E-state index >= 15 is 0 Å². The third-order valence-electron chi connectivity index (χ3n) is 4.20. The van der Waals surface area contributed by atoms with Gasteiger partial charge in [0.2, 0.25) is 0 Å². The van der Waals surface area contributed by atoms with Crippen molar-refractivity contribution in [2.24, 2.45) is 5.92 Å². The van der Waals surface area contributed by atoms with Crippen molar-refractivity contribution in [2.45, 2.75) is 26.4 Å². The molecule has 0 aliphatic carbocycles. The lowest BCUT2D eigenvalue weighted by Crippen LogP contribution is -2.36. The zero-order valence-electron chi connectivity index (χ0n) is 14.5. The summed E-state index contributed by atoms with van der Waals surface area (Å²) in [6.07, 6.45) is 1.94. The number of ether oxygens (including phenoxy) is 2. The zero-order chi connectivity index (χ0) is 17.5. The Morgan fingerprint density at radius 3 is 2.67 bits per heavy atom. The Bertz CT molecular complexity index is 681. The van der Waals surface area contributed by atoms with Crippen molar-refractivity contribution in [2.75, 3.05) is 31.6 Å². The maximum absolute atomic E-state index is 12.2. The number of amides is 1. The minimum absolute atomic E-state index is 0.222. The number of likely N-dealkylation sites (tertiary alicyclic amines) is 1. The van der Waals surface area contributed by atoms with Crippen LogP contribution < -0.4 is 9.64 Å². The number of hydrogen-bond donors (Lipinski definition) is 0. The third kappa shape index (κ3) is 3.63. The third-order valence-corrected chi connectivity index (χ3v) is 5.09. The Labute approximate surface area is 156 Å². The Morgan fingerprint density at radius 1 is 1.29 bits per heavy atom. The zero-order valence-corrected chi connectivity index (χ0v) is 16.7. The molecular formula is C18H23IN2O3. The Balaban J connectivity index is 1.69. The van der Waals surface area contributed by atoms with Gasteiger partial charge < -0.3 is 19.3 Å². The molecule has 0 spiro atoms. The number of rotatable bonds is 2. The number of halogens is 1. The molecule has 6 heteroatoms. The predicted molar refractivity (Wildman–Crippen MR) is 102 cm³/mol. The smallest absolute Gasteiger partial charge is 0.410 e. The van der Waals surface area contributed by atoms with Crippen LogP contribution in [0.15, 0.2) is 30.0 Å². The Morgan fingerprint density at radius 2 is 2.04 bits per heavy atom. The fourth-order valence-electron chi connectivity index (χ4n) is 3.08. The van der Waals surface area contributed by atoms with Crippen molar-refractivity contribution in [1.29, 1.82) is 0 Å². The fraction of sp³-hybridized carbons (Fsp3) is 0.500. The molecule has 0 radical (unpaired) electrons. The van der Waals surface area contributed by atoms with Crippen LogP contribution in [0.4, 0.5) is 10.5 Å².